The molecular weight excluding hydrogens is 370 g/mol. The van der Waals surface area contributed by atoms with Crippen LogP contribution in [0.1, 0.15) is 0 Å². The quantitative estimate of drug-likeness (QED) is 0.648. The van der Waals surface area contributed by atoms with Gasteiger partial charge in [0.25, 0.3) is 0 Å². The van der Waals surface area contributed by atoms with E-state index in [1.54, 1.807) is 12.1 Å². The Labute approximate surface area is 79.2 Å². The van der Waals surface area contributed by atoms with Gasteiger partial charge in [-0.25, -0.2) is 0 Å². The molecule has 56 valence electrons. The molecule has 1 aromatic rings. The van der Waals surface area contributed by atoms with Crippen molar-refractivity contribution in [2.75, 3.05) is 11.5 Å². The van der Waals surface area contributed by atoms with Gasteiger partial charge in [0.05, 0.1) is 11.4 Å². The number of hydrogen-bond acceptors (Lipinski definition) is 4. The molecule has 0 saturated carbocycles. The van der Waals surface area contributed by atoms with E-state index in [-0.39, 0.29) is 0 Å². The number of rotatable bonds is 0. The van der Waals surface area contributed by atoms with E-state index in [1.165, 1.54) is 0 Å². The predicted molar refractivity (Wildman–Crippen MR) is 36.6 cm³/mol. The normalized spacial score (nSPS) is 7.27. The Kier molecular flexibility index (Phi) is 5.90. The third-order valence-corrected chi connectivity index (χ3v) is 0.996. The minimum atomic E-state index is -2.51. The second-order valence-corrected chi connectivity index (χ2v) is 2.41. The molecule has 1 rings (SSSR count). The second kappa shape index (κ2) is 6.20. The molecule has 4 nitrogen and oxygen atoms in total. The van der Waals surface area contributed by atoms with Gasteiger partial charge in [0, 0.05) is 0 Å². The van der Waals surface area contributed by atoms with E-state index in [2.05, 4.69) is 0 Å². The molecule has 0 aliphatic carbocycles. The SMILES string of the molecule is Nc1ccccc1N.[O]=[U+2]=[O]. The van der Waals surface area contributed by atoms with Gasteiger partial charge < -0.3 is 11.5 Å². The first-order chi connectivity index (χ1) is 5.22. The molecule has 0 unspecified atom stereocenters. The molecular formula is C6H8N2O2U+2. The van der Waals surface area contributed by atoms with Gasteiger partial charge in [0.15, 0.2) is 0 Å². The Bertz CT molecular complexity index is 238. The van der Waals surface area contributed by atoms with Crippen LogP contribution in [0.2, 0.25) is 0 Å². The van der Waals surface area contributed by atoms with E-state index >= 15 is 0 Å². The Hall–Kier alpha value is -0.528. The summed E-state index contributed by atoms with van der Waals surface area (Å²) in [5, 5.41) is 0. The summed E-state index contributed by atoms with van der Waals surface area (Å²) in [5.74, 6) is 0. The standard InChI is InChI=1S/C6H8N2.2O.U/c7-5-3-1-2-4-6(5)8;;;/h1-4H,7-8H2;;;/q;;;+2. The van der Waals surface area contributed by atoms with Gasteiger partial charge in [-0.15, -0.1) is 0 Å². The van der Waals surface area contributed by atoms with E-state index in [9.17, 15) is 0 Å². The first kappa shape index (κ1) is 10.5. The maximum absolute atomic E-state index is 8.58. The monoisotopic (exact) mass is 378 g/mol. The molecule has 0 heterocycles. The van der Waals surface area contributed by atoms with Gasteiger partial charge in [0.2, 0.25) is 0 Å². The van der Waals surface area contributed by atoms with E-state index in [4.69, 9.17) is 15.9 Å². The summed E-state index contributed by atoms with van der Waals surface area (Å²) >= 11 is -2.51. The fourth-order valence-corrected chi connectivity index (χ4v) is 0.511. The number of hydrogen-bond donors (Lipinski definition) is 2. The number of anilines is 2. The summed E-state index contributed by atoms with van der Waals surface area (Å²) < 4.78 is 17.2. The maximum atomic E-state index is 8.58. The van der Waals surface area contributed by atoms with Crippen LogP contribution < -0.4 is 11.5 Å². The van der Waals surface area contributed by atoms with E-state index < -0.39 is 27.8 Å². The van der Waals surface area contributed by atoms with Crippen LogP contribution in [0.3, 0.4) is 0 Å². The van der Waals surface area contributed by atoms with Gasteiger partial charge in [-0.2, -0.15) is 0 Å². The fraction of sp³-hybridized carbons (Fsp3) is 0. The van der Waals surface area contributed by atoms with Gasteiger partial charge in [-0.1, -0.05) is 12.1 Å². The molecule has 0 bridgehead atoms. The van der Waals surface area contributed by atoms with Crippen molar-refractivity contribution in [3.05, 3.63) is 24.3 Å². The summed E-state index contributed by atoms with van der Waals surface area (Å²) in [5.41, 5.74) is 12.1. The Balaban J connectivity index is 0.000000292. The third-order valence-electron chi connectivity index (χ3n) is 0.996. The van der Waals surface area contributed by atoms with E-state index in [0.717, 1.165) is 0 Å². The zero-order valence-corrected chi connectivity index (χ0v) is 9.94. The Morgan fingerprint density at radius 2 is 1.27 bits per heavy atom. The molecule has 0 fully saturated rings. The Morgan fingerprint density at radius 3 is 1.45 bits per heavy atom. The molecule has 0 amide bonds. The van der Waals surface area contributed by atoms with Gasteiger partial charge >= 0.3 is 32.3 Å². The fourth-order valence-electron chi connectivity index (χ4n) is 0.511. The van der Waals surface area contributed by atoms with Crippen LogP contribution in [-0.4, -0.2) is 0 Å². The molecule has 0 radical (unpaired) electrons. The summed E-state index contributed by atoms with van der Waals surface area (Å²) in [7, 11) is 0. The van der Waals surface area contributed by atoms with Crippen LogP contribution in [0.5, 0.6) is 0 Å². The van der Waals surface area contributed by atoms with Crippen molar-refractivity contribution in [2.24, 2.45) is 0 Å². The topological polar surface area (TPSA) is 86.2 Å². The summed E-state index contributed by atoms with van der Waals surface area (Å²) in [4.78, 5) is 0. The van der Waals surface area contributed by atoms with Crippen molar-refractivity contribution in [3.8, 4) is 0 Å². The first-order valence-corrected chi connectivity index (χ1v) is 6.21. The first-order valence-electron chi connectivity index (χ1n) is 2.81. The van der Waals surface area contributed by atoms with Crippen LogP contribution in [0.15, 0.2) is 24.3 Å². The zero-order chi connectivity index (χ0) is 8.69. The van der Waals surface area contributed by atoms with Crippen molar-refractivity contribution >= 4 is 11.4 Å². The van der Waals surface area contributed by atoms with Crippen LogP contribution in [-0.2, 0) is 4.47 Å². The number of para-hydroxylation sites is 2. The molecule has 0 aliphatic heterocycles. The van der Waals surface area contributed by atoms with Crippen molar-refractivity contribution in [3.63, 3.8) is 0 Å². The molecule has 5 heteroatoms. The Morgan fingerprint density at radius 1 is 1.00 bits per heavy atom. The van der Waals surface area contributed by atoms with Crippen molar-refractivity contribution in [2.45, 2.75) is 0 Å². The van der Waals surface area contributed by atoms with Crippen LogP contribution in [0.4, 0.5) is 11.4 Å². The molecule has 0 spiro atoms. The minimum absolute atomic E-state index is 0.646. The molecule has 4 N–H and O–H groups in total. The zero-order valence-electron chi connectivity index (χ0n) is 5.78. The second-order valence-electron chi connectivity index (χ2n) is 1.71. The predicted octanol–water partition coefficient (Wildman–Crippen LogP) is 0.613. The third kappa shape index (κ3) is 4.82. The van der Waals surface area contributed by atoms with Crippen LogP contribution >= 0.6 is 0 Å². The number of nitrogen functional groups attached to an aromatic ring is 2. The number of nitrogens with two attached hydrogens (primary N) is 2. The number of benzene rings is 1. The van der Waals surface area contributed by atoms with Gasteiger partial charge in [-0.05, 0) is 12.1 Å². The van der Waals surface area contributed by atoms with E-state index in [1.807, 2.05) is 12.1 Å². The van der Waals surface area contributed by atoms with Crippen LogP contribution in [0.25, 0.3) is 0 Å². The molecule has 0 saturated heterocycles. The van der Waals surface area contributed by atoms with Gasteiger partial charge in [0.1, 0.15) is 0 Å². The van der Waals surface area contributed by atoms with Crippen molar-refractivity contribution < 1.29 is 32.3 Å². The average molecular weight is 378 g/mol. The average Bonchev–Trinajstić information content (AvgIpc) is 1.97. The summed E-state index contributed by atoms with van der Waals surface area (Å²) in [6.07, 6.45) is 0. The summed E-state index contributed by atoms with van der Waals surface area (Å²) in [6.45, 7) is 0. The van der Waals surface area contributed by atoms with Crippen molar-refractivity contribution in [1.82, 2.24) is 0 Å². The van der Waals surface area contributed by atoms with E-state index in [0.29, 0.717) is 11.4 Å². The van der Waals surface area contributed by atoms with Gasteiger partial charge in [-0.3, -0.25) is 0 Å². The molecule has 0 aromatic heterocycles. The van der Waals surface area contributed by atoms with Crippen molar-refractivity contribution in [1.29, 1.82) is 0 Å². The molecule has 1 aromatic carbocycles. The summed E-state index contributed by atoms with van der Waals surface area (Å²) in [6, 6.07) is 7.25. The molecule has 0 atom stereocenters. The van der Waals surface area contributed by atoms with Crippen LogP contribution in [0, 0.1) is 27.8 Å². The molecule has 0 aliphatic rings. The molecule has 11 heavy (non-hydrogen) atoms.